The van der Waals surface area contributed by atoms with Gasteiger partial charge in [0.2, 0.25) is 0 Å². The van der Waals surface area contributed by atoms with Crippen molar-refractivity contribution in [2.45, 2.75) is 79.1 Å². The monoisotopic (exact) mass is 650 g/mol. The van der Waals surface area contributed by atoms with E-state index in [1.165, 1.54) is 0 Å². The van der Waals surface area contributed by atoms with Crippen LogP contribution in [0.4, 0.5) is 0 Å². The normalized spacial score (nSPS) is 12.9. The number of nitrogens with one attached hydrogen (secondary N) is 2. The van der Waals surface area contributed by atoms with Crippen molar-refractivity contribution in [3.05, 3.63) is 69.3 Å². The Bertz CT molecular complexity index is 1950. The molecule has 0 aromatic carbocycles. The van der Waals surface area contributed by atoms with Crippen molar-refractivity contribution in [2.75, 3.05) is 0 Å². The predicted molar refractivity (Wildman–Crippen MR) is 171 cm³/mol. The molecule has 3 aromatic rings. The Morgan fingerprint density at radius 3 is 1.21 bits per heavy atom. The second-order valence-corrected chi connectivity index (χ2v) is 12.1. The number of carboxylic acids is 4. The van der Waals surface area contributed by atoms with Gasteiger partial charge in [-0.15, -0.1) is 0 Å². The van der Waals surface area contributed by atoms with Crippen LogP contribution in [0.5, 0.6) is 0 Å². The maximum absolute atomic E-state index is 11.5. The predicted octanol–water partition coefficient (Wildman–Crippen LogP) is 1.22. The van der Waals surface area contributed by atoms with Crippen molar-refractivity contribution < 1.29 is 39.6 Å². The maximum Gasteiger partial charge on any atom is 0.0693 e. The number of H-pyrrole nitrogens is 2. The van der Waals surface area contributed by atoms with E-state index >= 15 is 0 Å². The van der Waals surface area contributed by atoms with E-state index < -0.39 is 23.9 Å². The minimum atomic E-state index is -1.21. The largest absolute Gasteiger partial charge is 0.550 e. The van der Waals surface area contributed by atoms with E-state index in [-0.39, 0.29) is 51.4 Å². The topological polar surface area (TPSA) is 218 Å². The minimum absolute atomic E-state index is 0.155. The fraction of sp³-hybridized carbons (Fsp3) is 0.333. The first-order valence-corrected chi connectivity index (χ1v) is 15.7. The van der Waals surface area contributed by atoms with E-state index in [0.29, 0.717) is 67.1 Å². The van der Waals surface area contributed by atoms with Crippen LogP contribution in [0.15, 0.2) is 24.3 Å². The summed E-state index contributed by atoms with van der Waals surface area (Å²) in [6, 6.07) is 7.20. The number of carboxylic acid groups (broad SMARTS) is 4. The highest BCUT2D eigenvalue weighted by Crippen LogP contribution is 2.38. The lowest BCUT2D eigenvalue weighted by atomic mass is 9.99. The highest BCUT2D eigenvalue weighted by molar-refractivity contribution is 5.96. The number of carbonyl (C=O) groups excluding carboxylic acids is 4. The van der Waals surface area contributed by atoms with Crippen molar-refractivity contribution in [3.8, 4) is 0 Å². The summed E-state index contributed by atoms with van der Waals surface area (Å²) < 4.78 is 0. The summed E-state index contributed by atoms with van der Waals surface area (Å²) in [7, 11) is 0. The minimum Gasteiger partial charge on any atom is -0.550 e. The third-order valence-electron chi connectivity index (χ3n) is 9.12. The molecule has 3 aromatic heterocycles. The number of aryl methyl sites for hydroxylation is 4. The van der Waals surface area contributed by atoms with Crippen molar-refractivity contribution in [3.63, 3.8) is 0 Å². The Balaban J connectivity index is 1.91. The van der Waals surface area contributed by atoms with Gasteiger partial charge in [-0.25, -0.2) is 9.97 Å². The Kier molecular flexibility index (Phi) is 9.64. The highest BCUT2D eigenvalue weighted by Gasteiger charge is 2.22. The van der Waals surface area contributed by atoms with Gasteiger partial charge < -0.3 is 49.6 Å². The summed E-state index contributed by atoms with van der Waals surface area (Å²) in [6.07, 6.45) is -0.293. The van der Waals surface area contributed by atoms with E-state index in [1.807, 2.05) is 33.8 Å². The molecule has 2 aliphatic rings. The maximum atomic E-state index is 11.5. The van der Waals surface area contributed by atoms with E-state index in [9.17, 15) is 39.6 Å². The molecular weight excluding hydrogens is 616 g/mol. The quantitative estimate of drug-likeness (QED) is 0.285. The van der Waals surface area contributed by atoms with Crippen molar-refractivity contribution >= 4 is 68.2 Å². The van der Waals surface area contributed by atoms with Crippen LogP contribution in [0, 0.1) is 13.8 Å². The van der Waals surface area contributed by atoms with Crippen molar-refractivity contribution in [1.29, 1.82) is 0 Å². The number of rotatable bonds is 12. The first kappa shape index (κ1) is 33.8. The van der Waals surface area contributed by atoms with Gasteiger partial charge in [0.05, 0.1) is 22.8 Å². The number of aliphatic carboxylic acids is 4. The lowest BCUT2D eigenvalue weighted by molar-refractivity contribution is -0.307. The van der Waals surface area contributed by atoms with Gasteiger partial charge in [-0.2, -0.15) is 0 Å². The van der Waals surface area contributed by atoms with Crippen molar-refractivity contribution in [2.24, 2.45) is 0 Å². The molecule has 8 bridgehead atoms. The van der Waals surface area contributed by atoms with Gasteiger partial charge in [0.25, 0.3) is 0 Å². The van der Waals surface area contributed by atoms with Crippen LogP contribution in [0.3, 0.4) is 0 Å². The molecule has 2 aliphatic heterocycles. The van der Waals surface area contributed by atoms with Gasteiger partial charge in [-0.1, -0.05) is 0 Å². The summed E-state index contributed by atoms with van der Waals surface area (Å²) in [5, 5.41) is 45.9. The van der Waals surface area contributed by atoms with Gasteiger partial charge in [-0.3, -0.25) is 0 Å². The van der Waals surface area contributed by atoms with Gasteiger partial charge >= 0.3 is 0 Å². The van der Waals surface area contributed by atoms with Gasteiger partial charge in [0.15, 0.2) is 0 Å². The molecule has 0 fully saturated rings. The van der Waals surface area contributed by atoms with E-state index in [2.05, 4.69) is 9.97 Å². The van der Waals surface area contributed by atoms with E-state index in [4.69, 9.17) is 9.97 Å². The Labute approximate surface area is 275 Å². The highest BCUT2D eigenvalue weighted by atomic mass is 16.4. The molecule has 0 spiro atoms. The first-order valence-electron chi connectivity index (χ1n) is 15.7. The smallest absolute Gasteiger partial charge is 0.0693 e. The third kappa shape index (κ3) is 7.07. The molecule has 0 amide bonds. The zero-order chi connectivity index (χ0) is 34.9. The molecule has 0 radical (unpaired) electrons. The lowest BCUT2D eigenvalue weighted by Crippen LogP contribution is -2.22. The van der Waals surface area contributed by atoms with Crippen molar-refractivity contribution in [1.82, 2.24) is 19.9 Å². The first-order chi connectivity index (χ1) is 22.7. The molecule has 2 N–H and O–H groups in total. The summed E-state index contributed by atoms with van der Waals surface area (Å²) >= 11 is 0. The zero-order valence-corrected chi connectivity index (χ0v) is 27.1. The van der Waals surface area contributed by atoms with E-state index in [1.54, 1.807) is 18.2 Å². The molecule has 5 heterocycles. The van der Waals surface area contributed by atoms with Crippen LogP contribution in [0.2, 0.25) is 0 Å². The summed E-state index contributed by atoms with van der Waals surface area (Å²) in [4.78, 5) is 62.4. The number of carbonyl (C=O) groups is 4. The second-order valence-electron chi connectivity index (χ2n) is 12.1. The van der Waals surface area contributed by atoms with Crippen LogP contribution in [0.1, 0.15) is 97.4 Å². The van der Waals surface area contributed by atoms with Gasteiger partial charge in [0.1, 0.15) is 0 Å². The standard InChI is InChI=1S/C36H38N4O8/c1-17-21(5-9-33(41)42)29-14-27-19(3)23(7-11-35(45)46)31(39-27)16-32-24(8-12-36(47)48)20(4)28(40-32)15-30-22(6-10-34(43)44)18(2)26(38-30)13-25(17)37-29/h13-16,39-40H,5-12H2,1-4H3,(H,41,42)(H,43,44)(H,45,46)(H,47,48)/p-4. The molecule has 0 aliphatic carbocycles. The number of hydrogen-bond donors (Lipinski definition) is 2. The second kappa shape index (κ2) is 13.7. The van der Waals surface area contributed by atoms with Crippen LogP contribution < -0.4 is 20.4 Å². The molecule has 0 unspecified atom stereocenters. The Morgan fingerprint density at radius 2 is 0.854 bits per heavy atom. The third-order valence-corrected chi connectivity index (χ3v) is 9.12. The Hall–Kier alpha value is -5.52. The molecule has 48 heavy (non-hydrogen) atoms. The number of allylic oxidation sites excluding steroid dienone is 4. The summed E-state index contributed by atoms with van der Waals surface area (Å²) in [5.41, 5.74) is 10.5. The number of aromatic amines is 2. The molecule has 5 rings (SSSR count). The van der Waals surface area contributed by atoms with Crippen LogP contribution >= 0.6 is 0 Å². The van der Waals surface area contributed by atoms with Crippen LogP contribution in [-0.2, 0) is 32.0 Å². The fourth-order valence-electron chi connectivity index (χ4n) is 6.40. The molecule has 250 valence electrons. The molecule has 12 nitrogen and oxygen atoms in total. The van der Waals surface area contributed by atoms with Gasteiger partial charge in [0, 0.05) is 45.9 Å². The SMILES string of the molecule is CC1=C(CCC(=O)[O-])c2cc3[nH]c(cc4[nH]c(cc5nc(cc1n2)C(C)=C5CCC(=O)[O-])c(C)c4CCC(=O)[O-])c(CCC(=O)[O-])c3C. The fourth-order valence-corrected chi connectivity index (χ4v) is 6.40. The number of hydrogen-bond acceptors (Lipinski definition) is 10. The number of fused-ring (bicyclic) bond motifs is 8. The molecule has 12 heteroatoms. The Morgan fingerprint density at radius 1 is 0.500 bits per heavy atom. The number of nitrogens with zero attached hydrogens (tertiary/aromatic N) is 2. The van der Waals surface area contributed by atoms with E-state index in [0.717, 1.165) is 22.3 Å². The molecule has 0 saturated carbocycles. The molecule has 0 saturated heterocycles. The zero-order valence-electron chi connectivity index (χ0n) is 27.1. The van der Waals surface area contributed by atoms with Crippen LogP contribution in [0.25, 0.3) is 44.4 Å². The summed E-state index contributed by atoms with van der Waals surface area (Å²) in [5.74, 6) is -4.83. The summed E-state index contributed by atoms with van der Waals surface area (Å²) in [6.45, 7) is 7.40. The average molecular weight is 651 g/mol. The number of aromatic nitrogens is 4. The molecular formula is C36H34N4O8-4. The van der Waals surface area contributed by atoms with Gasteiger partial charge in [-0.05, 0) is 148 Å². The molecule has 0 atom stereocenters. The average Bonchev–Trinajstić information content (AvgIpc) is 3.66. The van der Waals surface area contributed by atoms with Crippen LogP contribution in [-0.4, -0.2) is 43.8 Å². The lowest BCUT2D eigenvalue weighted by Gasteiger charge is -2.06.